The van der Waals surface area contributed by atoms with Crippen LogP contribution >= 0.6 is 0 Å². The lowest BCUT2D eigenvalue weighted by molar-refractivity contribution is 0.0940. The molecule has 0 aliphatic rings. The largest absolute Gasteiger partial charge is 0.490 e. The Kier molecular flexibility index (Phi) is 5.16. The summed E-state index contributed by atoms with van der Waals surface area (Å²) in [5.41, 5.74) is 1.69. The van der Waals surface area contributed by atoms with Crippen molar-refractivity contribution in [1.29, 1.82) is 0 Å². The standard InChI is InChI=1S/C18H19NO2/c1-3-13-21-17-11-9-16(10-12-17)18(20)19-14(2)15-7-5-4-6-8-15/h3-12,14H,1,13H2,2H3,(H,19,20)/t14-/m1/s1. The minimum atomic E-state index is -0.0957. The second-order valence-electron chi connectivity index (χ2n) is 4.73. The van der Waals surface area contributed by atoms with Gasteiger partial charge in [0.05, 0.1) is 6.04 Å². The lowest BCUT2D eigenvalue weighted by Crippen LogP contribution is -2.26. The zero-order valence-electron chi connectivity index (χ0n) is 12.1. The lowest BCUT2D eigenvalue weighted by Gasteiger charge is -2.14. The highest BCUT2D eigenvalue weighted by Gasteiger charge is 2.11. The summed E-state index contributed by atoms with van der Waals surface area (Å²) in [5, 5.41) is 2.98. The Labute approximate surface area is 125 Å². The smallest absolute Gasteiger partial charge is 0.251 e. The third-order valence-corrected chi connectivity index (χ3v) is 3.13. The first-order chi connectivity index (χ1) is 10.2. The number of amides is 1. The molecule has 1 N–H and O–H groups in total. The van der Waals surface area contributed by atoms with Gasteiger partial charge in [0.15, 0.2) is 0 Å². The van der Waals surface area contributed by atoms with E-state index in [2.05, 4.69) is 11.9 Å². The summed E-state index contributed by atoms with van der Waals surface area (Å²) in [4.78, 5) is 12.2. The first kappa shape index (κ1) is 14.9. The van der Waals surface area contributed by atoms with E-state index in [0.717, 1.165) is 11.3 Å². The Balaban J connectivity index is 1.98. The van der Waals surface area contributed by atoms with E-state index < -0.39 is 0 Å². The molecule has 21 heavy (non-hydrogen) atoms. The van der Waals surface area contributed by atoms with Crippen molar-refractivity contribution in [2.24, 2.45) is 0 Å². The molecule has 3 nitrogen and oxygen atoms in total. The average Bonchev–Trinajstić information content (AvgIpc) is 2.54. The predicted molar refractivity (Wildman–Crippen MR) is 84.5 cm³/mol. The molecule has 108 valence electrons. The van der Waals surface area contributed by atoms with E-state index in [1.54, 1.807) is 30.3 Å². The van der Waals surface area contributed by atoms with Crippen LogP contribution in [0.3, 0.4) is 0 Å². The molecule has 0 saturated carbocycles. The number of nitrogens with one attached hydrogen (secondary N) is 1. The minimum absolute atomic E-state index is 0.0320. The zero-order valence-corrected chi connectivity index (χ0v) is 12.1. The van der Waals surface area contributed by atoms with Gasteiger partial charge in [0.25, 0.3) is 5.91 Å². The van der Waals surface area contributed by atoms with Crippen LogP contribution in [0, 0.1) is 0 Å². The van der Waals surface area contributed by atoms with E-state index in [1.807, 2.05) is 37.3 Å². The summed E-state index contributed by atoms with van der Waals surface area (Å²) in [6.07, 6.45) is 1.68. The molecular weight excluding hydrogens is 262 g/mol. The Hall–Kier alpha value is -2.55. The monoisotopic (exact) mass is 281 g/mol. The SMILES string of the molecule is C=CCOc1ccc(C(=O)N[C@H](C)c2ccccc2)cc1. The van der Waals surface area contributed by atoms with Gasteiger partial charge in [0.1, 0.15) is 12.4 Å². The maximum Gasteiger partial charge on any atom is 0.251 e. The second-order valence-corrected chi connectivity index (χ2v) is 4.73. The van der Waals surface area contributed by atoms with Crippen LogP contribution in [0.1, 0.15) is 28.9 Å². The normalized spacial score (nSPS) is 11.5. The maximum atomic E-state index is 12.2. The molecule has 0 aliphatic carbocycles. The van der Waals surface area contributed by atoms with Gasteiger partial charge in [-0.25, -0.2) is 0 Å². The predicted octanol–water partition coefficient (Wildman–Crippen LogP) is 3.74. The highest BCUT2D eigenvalue weighted by atomic mass is 16.5. The van der Waals surface area contributed by atoms with Crippen molar-refractivity contribution < 1.29 is 9.53 Å². The molecule has 0 unspecified atom stereocenters. The van der Waals surface area contributed by atoms with Crippen LogP contribution in [0.25, 0.3) is 0 Å². The highest BCUT2D eigenvalue weighted by Crippen LogP contribution is 2.15. The lowest BCUT2D eigenvalue weighted by atomic mass is 10.1. The van der Waals surface area contributed by atoms with E-state index in [9.17, 15) is 4.79 Å². The third-order valence-electron chi connectivity index (χ3n) is 3.13. The molecule has 2 aromatic carbocycles. The topological polar surface area (TPSA) is 38.3 Å². The van der Waals surface area contributed by atoms with Gasteiger partial charge in [-0.1, -0.05) is 43.0 Å². The zero-order chi connectivity index (χ0) is 15.1. The van der Waals surface area contributed by atoms with Crippen molar-refractivity contribution in [2.75, 3.05) is 6.61 Å². The summed E-state index contributed by atoms with van der Waals surface area (Å²) >= 11 is 0. The van der Waals surface area contributed by atoms with E-state index in [1.165, 1.54) is 0 Å². The molecule has 0 fully saturated rings. The van der Waals surface area contributed by atoms with Crippen LogP contribution in [-0.2, 0) is 0 Å². The Morgan fingerprint density at radius 3 is 2.48 bits per heavy atom. The number of rotatable bonds is 6. The van der Waals surface area contributed by atoms with Crippen molar-refractivity contribution >= 4 is 5.91 Å². The fourth-order valence-corrected chi connectivity index (χ4v) is 1.96. The quantitative estimate of drug-likeness (QED) is 0.819. The molecule has 0 radical (unpaired) electrons. The number of carbonyl (C=O) groups excluding carboxylic acids is 1. The van der Waals surface area contributed by atoms with E-state index in [0.29, 0.717) is 12.2 Å². The van der Waals surface area contributed by atoms with E-state index in [4.69, 9.17) is 4.74 Å². The van der Waals surface area contributed by atoms with Gasteiger partial charge in [-0.3, -0.25) is 4.79 Å². The Morgan fingerprint density at radius 2 is 1.86 bits per heavy atom. The van der Waals surface area contributed by atoms with Crippen LogP contribution in [0.15, 0.2) is 67.3 Å². The first-order valence-corrected chi connectivity index (χ1v) is 6.90. The molecule has 0 heterocycles. The molecule has 0 saturated heterocycles. The molecule has 2 aromatic rings. The Morgan fingerprint density at radius 1 is 1.19 bits per heavy atom. The number of ether oxygens (including phenoxy) is 1. The van der Waals surface area contributed by atoms with E-state index >= 15 is 0 Å². The number of hydrogen-bond acceptors (Lipinski definition) is 2. The summed E-state index contributed by atoms with van der Waals surface area (Å²) in [6.45, 7) is 6.02. The van der Waals surface area contributed by atoms with Gasteiger partial charge in [0.2, 0.25) is 0 Å². The molecule has 1 atom stereocenters. The summed E-state index contributed by atoms with van der Waals surface area (Å²) < 4.78 is 5.39. The van der Waals surface area contributed by atoms with Crippen molar-refractivity contribution in [3.63, 3.8) is 0 Å². The minimum Gasteiger partial charge on any atom is -0.490 e. The van der Waals surface area contributed by atoms with Crippen LogP contribution in [0.5, 0.6) is 5.75 Å². The summed E-state index contributed by atoms with van der Waals surface area (Å²) in [6, 6.07) is 16.9. The molecule has 0 bridgehead atoms. The number of benzene rings is 2. The van der Waals surface area contributed by atoms with Crippen LogP contribution in [-0.4, -0.2) is 12.5 Å². The van der Waals surface area contributed by atoms with Crippen molar-refractivity contribution in [1.82, 2.24) is 5.32 Å². The van der Waals surface area contributed by atoms with Gasteiger partial charge in [0, 0.05) is 5.56 Å². The van der Waals surface area contributed by atoms with Crippen molar-refractivity contribution in [2.45, 2.75) is 13.0 Å². The fraction of sp³-hybridized carbons (Fsp3) is 0.167. The van der Waals surface area contributed by atoms with Gasteiger partial charge in [-0.15, -0.1) is 0 Å². The molecular formula is C18H19NO2. The second kappa shape index (κ2) is 7.29. The Bertz CT molecular complexity index is 590. The van der Waals surface area contributed by atoms with Crippen LogP contribution < -0.4 is 10.1 Å². The molecule has 1 amide bonds. The van der Waals surface area contributed by atoms with Crippen LogP contribution in [0.4, 0.5) is 0 Å². The van der Waals surface area contributed by atoms with Gasteiger partial charge >= 0.3 is 0 Å². The third kappa shape index (κ3) is 4.21. The fourth-order valence-electron chi connectivity index (χ4n) is 1.96. The van der Waals surface area contributed by atoms with E-state index in [-0.39, 0.29) is 11.9 Å². The highest BCUT2D eigenvalue weighted by molar-refractivity contribution is 5.94. The molecule has 3 heteroatoms. The van der Waals surface area contributed by atoms with Crippen molar-refractivity contribution in [3.05, 3.63) is 78.4 Å². The van der Waals surface area contributed by atoms with Crippen molar-refractivity contribution in [3.8, 4) is 5.75 Å². The summed E-state index contributed by atoms with van der Waals surface area (Å²) in [5.74, 6) is 0.629. The summed E-state index contributed by atoms with van der Waals surface area (Å²) in [7, 11) is 0. The molecule has 0 aromatic heterocycles. The molecule has 2 rings (SSSR count). The maximum absolute atomic E-state index is 12.2. The van der Waals surface area contributed by atoms with Crippen LogP contribution in [0.2, 0.25) is 0 Å². The number of carbonyl (C=O) groups is 1. The first-order valence-electron chi connectivity index (χ1n) is 6.90. The number of hydrogen-bond donors (Lipinski definition) is 1. The van der Waals surface area contributed by atoms with Gasteiger partial charge in [-0.05, 0) is 36.8 Å². The van der Waals surface area contributed by atoms with Gasteiger partial charge < -0.3 is 10.1 Å². The molecule has 0 spiro atoms. The average molecular weight is 281 g/mol. The molecule has 0 aliphatic heterocycles. The van der Waals surface area contributed by atoms with Gasteiger partial charge in [-0.2, -0.15) is 0 Å².